The second kappa shape index (κ2) is 6.71. The molecular formula is C14H21NO2S. The SMILES string of the molecule is CCC(O)(CC)CNC(=O)C=Cc1sccc1C. The second-order valence-electron chi connectivity index (χ2n) is 4.45. The topological polar surface area (TPSA) is 49.3 Å². The lowest BCUT2D eigenvalue weighted by atomic mass is 9.98. The van der Waals surface area contributed by atoms with Gasteiger partial charge in [-0.25, -0.2) is 0 Å². The molecule has 0 atom stereocenters. The van der Waals surface area contributed by atoms with Crippen molar-refractivity contribution in [3.8, 4) is 0 Å². The summed E-state index contributed by atoms with van der Waals surface area (Å²) in [4.78, 5) is 12.7. The van der Waals surface area contributed by atoms with Gasteiger partial charge in [0.1, 0.15) is 0 Å². The Labute approximate surface area is 113 Å². The van der Waals surface area contributed by atoms with Crippen LogP contribution in [0.1, 0.15) is 37.1 Å². The number of aliphatic hydroxyl groups is 1. The molecule has 0 radical (unpaired) electrons. The maximum atomic E-state index is 11.6. The van der Waals surface area contributed by atoms with Crippen molar-refractivity contribution in [3.05, 3.63) is 28.0 Å². The highest BCUT2D eigenvalue weighted by Gasteiger charge is 2.22. The molecule has 1 heterocycles. The Hall–Kier alpha value is -1.13. The highest BCUT2D eigenvalue weighted by Crippen LogP contribution is 2.17. The predicted octanol–water partition coefficient (Wildman–Crippen LogP) is 2.74. The van der Waals surface area contributed by atoms with E-state index in [1.54, 1.807) is 11.3 Å². The number of nitrogens with one attached hydrogen (secondary N) is 1. The third kappa shape index (κ3) is 4.27. The lowest BCUT2D eigenvalue weighted by molar-refractivity contribution is -0.117. The van der Waals surface area contributed by atoms with Crippen molar-refractivity contribution >= 4 is 23.3 Å². The molecule has 100 valence electrons. The third-order valence-electron chi connectivity index (χ3n) is 3.20. The van der Waals surface area contributed by atoms with Crippen LogP contribution in [0.15, 0.2) is 17.5 Å². The zero-order valence-corrected chi connectivity index (χ0v) is 12.0. The maximum absolute atomic E-state index is 11.6. The summed E-state index contributed by atoms with van der Waals surface area (Å²) < 4.78 is 0. The zero-order chi connectivity index (χ0) is 13.6. The van der Waals surface area contributed by atoms with Crippen molar-refractivity contribution in [1.29, 1.82) is 0 Å². The van der Waals surface area contributed by atoms with Crippen LogP contribution in [0.2, 0.25) is 0 Å². The van der Waals surface area contributed by atoms with E-state index in [0.717, 1.165) is 4.88 Å². The fourth-order valence-corrected chi connectivity index (χ4v) is 2.34. The first kappa shape index (κ1) is 14.9. The number of amides is 1. The molecule has 1 aromatic rings. The third-order valence-corrected chi connectivity index (χ3v) is 4.18. The first-order chi connectivity index (χ1) is 8.50. The molecular weight excluding hydrogens is 246 g/mol. The summed E-state index contributed by atoms with van der Waals surface area (Å²) in [6.45, 7) is 6.15. The van der Waals surface area contributed by atoms with Gasteiger partial charge in [-0.05, 0) is 42.9 Å². The van der Waals surface area contributed by atoms with Crippen LogP contribution in [-0.4, -0.2) is 23.2 Å². The minimum atomic E-state index is -0.789. The van der Waals surface area contributed by atoms with Gasteiger partial charge in [0.2, 0.25) is 5.91 Å². The van der Waals surface area contributed by atoms with E-state index in [-0.39, 0.29) is 5.91 Å². The van der Waals surface area contributed by atoms with Gasteiger partial charge in [0.25, 0.3) is 0 Å². The molecule has 0 unspecified atom stereocenters. The average Bonchev–Trinajstić information content (AvgIpc) is 2.79. The highest BCUT2D eigenvalue weighted by atomic mass is 32.1. The number of rotatable bonds is 6. The van der Waals surface area contributed by atoms with Crippen LogP contribution in [0.25, 0.3) is 6.08 Å². The van der Waals surface area contributed by atoms with Gasteiger partial charge < -0.3 is 10.4 Å². The van der Waals surface area contributed by atoms with Gasteiger partial charge in [-0.3, -0.25) is 4.79 Å². The molecule has 3 nitrogen and oxygen atoms in total. The Morgan fingerprint density at radius 1 is 1.50 bits per heavy atom. The van der Waals surface area contributed by atoms with Crippen LogP contribution < -0.4 is 5.32 Å². The molecule has 0 fully saturated rings. The molecule has 0 aliphatic carbocycles. The zero-order valence-electron chi connectivity index (χ0n) is 11.2. The number of carbonyl (C=O) groups excluding carboxylic acids is 1. The molecule has 4 heteroatoms. The summed E-state index contributed by atoms with van der Waals surface area (Å²) in [6, 6.07) is 2.02. The van der Waals surface area contributed by atoms with Gasteiger partial charge in [-0.2, -0.15) is 0 Å². The first-order valence-corrected chi connectivity index (χ1v) is 7.11. The van der Waals surface area contributed by atoms with Crippen molar-refractivity contribution < 1.29 is 9.90 Å². The second-order valence-corrected chi connectivity index (χ2v) is 5.40. The lowest BCUT2D eigenvalue weighted by Crippen LogP contribution is -2.41. The minimum Gasteiger partial charge on any atom is -0.388 e. The number of hydrogen-bond donors (Lipinski definition) is 2. The molecule has 0 aliphatic rings. The van der Waals surface area contributed by atoms with Crippen molar-refractivity contribution in [2.75, 3.05) is 6.54 Å². The highest BCUT2D eigenvalue weighted by molar-refractivity contribution is 7.11. The minimum absolute atomic E-state index is 0.164. The largest absolute Gasteiger partial charge is 0.388 e. The number of aryl methyl sites for hydroxylation is 1. The summed E-state index contributed by atoms with van der Waals surface area (Å²) in [6.07, 6.45) is 4.60. The molecule has 0 aliphatic heterocycles. The standard InChI is InChI=1S/C14H21NO2S/c1-4-14(17,5-2)10-15-13(16)7-6-12-11(3)8-9-18-12/h6-9,17H,4-5,10H2,1-3H3,(H,15,16). The summed E-state index contributed by atoms with van der Waals surface area (Å²) in [5.74, 6) is -0.164. The van der Waals surface area contributed by atoms with E-state index in [4.69, 9.17) is 0 Å². The van der Waals surface area contributed by atoms with Gasteiger partial charge in [0.15, 0.2) is 0 Å². The van der Waals surface area contributed by atoms with E-state index < -0.39 is 5.60 Å². The van der Waals surface area contributed by atoms with Gasteiger partial charge in [-0.15, -0.1) is 11.3 Å². The molecule has 0 saturated carbocycles. The smallest absolute Gasteiger partial charge is 0.244 e. The maximum Gasteiger partial charge on any atom is 0.244 e. The number of hydrogen-bond acceptors (Lipinski definition) is 3. The van der Waals surface area contributed by atoms with Crippen molar-refractivity contribution in [2.45, 2.75) is 39.2 Å². The fourth-order valence-electron chi connectivity index (χ4n) is 1.52. The molecule has 0 spiro atoms. The van der Waals surface area contributed by atoms with Crippen LogP contribution in [0.5, 0.6) is 0 Å². The van der Waals surface area contributed by atoms with Crippen LogP contribution in [0, 0.1) is 6.92 Å². The summed E-state index contributed by atoms with van der Waals surface area (Å²) in [5.41, 5.74) is 0.380. The van der Waals surface area contributed by atoms with E-state index >= 15 is 0 Å². The quantitative estimate of drug-likeness (QED) is 0.779. The van der Waals surface area contributed by atoms with Gasteiger partial charge in [-0.1, -0.05) is 13.8 Å². The Bertz CT molecular complexity index is 419. The molecule has 0 aromatic carbocycles. The van der Waals surface area contributed by atoms with Crippen LogP contribution >= 0.6 is 11.3 Å². The molecule has 1 aromatic heterocycles. The van der Waals surface area contributed by atoms with Gasteiger partial charge in [0, 0.05) is 17.5 Å². The van der Waals surface area contributed by atoms with E-state index in [1.807, 2.05) is 38.3 Å². The molecule has 2 N–H and O–H groups in total. The molecule has 1 rings (SSSR count). The summed E-state index contributed by atoms with van der Waals surface area (Å²) >= 11 is 1.61. The fraction of sp³-hybridized carbons (Fsp3) is 0.500. The van der Waals surface area contributed by atoms with E-state index in [0.29, 0.717) is 19.4 Å². The Morgan fingerprint density at radius 3 is 2.67 bits per heavy atom. The average molecular weight is 267 g/mol. The van der Waals surface area contributed by atoms with E-state index in [2.05, 4.69) is 5.32 Å². The summed E-state index contributed by atoms with van der Waals surface area (Å²) in [7, 11) is 0. The van der Waals surface area contributed by atoms with Gasteiger partial charge in [0.05, 0.1) is 5.60 Å². The Kier molecular flexibility index (Phi) is 5.56. The molecule has 0 saturated heterocycles. The monoisotopic (exact) mass is 267 g/mol. The normalized spacial score (nSPS) is 12.0. The molecule has 1 amide bonds. The van der Waals surface area contributed by atoms with Crippen molar-refractivity contribution in [2.24, 2.45) is 0 Å². The van der Waals surface area contributed by atoms with Crippen molar-refractivity contribution in [1.82, 2.24) is 5.32 Å². The Balaban J connectivity index is 2.48. The molecule has 0 bridgehead atoms. The van der Waals surface area contributed by atoms with Crippen LogP contribution in [-0.2, 0) is 4.79 Å². The van der Waals surface area contributed by atoms with Crippen LogP contribution in [0.3, 0.4) is 0 Å². The van der Waals surface area contributed by atoms with E-state index in [9.17, 15) is 9.90 Å². The van der Waals surface area contributed by atoms with E-state index in [1.165, 1.54) is 11.6 Å². The van der Waals surface area contributed by atoms with Crippen LogP contribution in [0.4, 0.5) is 0 Å². The number of carbonyl (C=O) groups is 1. The molecule has 18 heavy (non-hydrogen) atoms. The van der Waals surface area contributed by atoms with Gasteiger partial charge >= 0.3 is 0 Å². The number of thiophene rings is 1. The lowest BCUT2D eigenvalue weighted by Gasteiger charge is -2.24. The summed E-state index contributed by atoms with van der Waals surface area (Å²) in [5, 5.41) is 14.8. The van der Waals surface area contributed by atoms with Crippen molar-refractivity contribution in [3.63, 3.8) is 0 Å². The predicted molar refractivity (Wildman–Crippen MR) is 76.6 cm³/mol. The first-order valence-electron chi connectivity index (χ1n) is 6.23. The Morgan fingerprint density at radius 2 is 2.17 bits per heavy atom.